The maximum absolute atomic E-state index is 12.9. The van der Waals surface area contributed by atoms with E-state index in [2.05, 4.69) is 4.99 Å². The Bertz CT molecular complexity index is 1520. The predicted molar refractivity (Wildman–Crippen MR) is 139 cm³/mol. The van der Waals surface area contributed by atoms with E-state index in [-0.39, 0.29) is 18.0 Å². The molecule has 10 nitrogen and oxygen atoms in total. The zero-order valence-electron chi connectivity index (χ0n) is 20.5. The summed E-state index contributed by atoms with van der Waals surface area (Å²) in [5.74, 6) is -3.17. The van der Waals surface area contributed by atoms with Crippen molar-refractivity contribution in [2.75, 3.05) is 36.7 Å². The van der Waals surface area contributed by atoms with E-state index in [4.69, 9.17) is 9.47 Å². The average Bonchev–Trinajstić information content (AvgIpc) is 3.18. The molecule has 2 heterocycles. The molecule has 0 bridgehead atoms. The number of hydrogen-bond donors (Lipinski definition) is 0. The second kappa shape index (κ2) is 11.3. The summed E-state index contributed by atoms with van der Waals surface area (Å²) < 4.78 is 38.0. The zero-order valence-corrected chi connectivity index (χ0v) is 22.1. The first-order valence-electron chi connectivity index (χ1n) is 11.7. The first-order chi connectivity index (χ1) is 17.7. The second-order valence-corrected chi connectivity index (χ2v) is 11.5. The molecule has 1 aliphatic rings. The number of aryl methyl sites for hydroxylation is 1. The maximum atomic E-state index is 12.9. The number of nitrogens with zero attached hydrogens (tertiary/aromatic N) is 3. The molecule has 12 heteroatoms. The predicted octanol–water partition coefficient (Wildman–Crippen LogP) is 2.10. The van der Waals surface area contributed by atoms with Gasteiger partial charge in [0.05, 0.1) is 23.9 Å². The van der Waals surface area contributed by atoms with Crippen molar-refractivity contribution >= 4 is 54.9 Å². The SMILES string of the molecule is CCOC(=O)Cn1c(=NC(=O)CS(=O)(=O)CC(=O)N2CCCc3ccccc32)sc2cc(OC)ccc21. The van der Waals surface area contributed by atoms with E-state index in [1.807, 2.05) is 12.1 Å². The Morgan fingerprint density at radius 3 is 2.65 bits per heavy atom. The number of benzene rings is 2. The summed E-state index contributed by atoms with van der Waals surface area (Å²) in [7, 11) is -2.57. The van der Waals surface area contributed by atoms with Crippen LogP contribution in [-0.2, 0) is 41.9 Å². The van der Waals surface area contributed by atoms with Crippen LogP contribution in [0.1, 0.15) is 18.9 Å². The molecule has 2 aromatic carbocycles. The lowest BCUT2D eigenvalue weighted by Gasteiger charge is -2.29. The molecule has 196 valence electrons. The topological polar surface area (TPSA) is 124 Å². The molecule has 4 rings (SSSR count). The van der Waals surface area contributed by atoms with Crippen LogP contribution in [0, 0.1) is 0 Å². The van der Waals surface area contributed by atoms with Crippen molar-refractivity contribution in [2.24, 2.45) is 4.99 Å². The van der Waals surface area contributed by atoms with E-state index in [1.54, 1.807) is 37.3 Å². The second-order valence-electron chi connectivity index (χ2n) is 8.42. The van der Waals surface area contributed by atoms with Crippen LogP contribution in [-0.4, -0.2) is 62.5 Å². The number of amides is 2. The number of para-hydroxylation sites is 1. The number of sulfone groups is 1. The Kier molecular flexibility index (Phi) is 8.08. The van der Waals surface area contributed by atoms with E-state index in [9.17, 15) is 22.8 Å². The lowest BCUT2D eigenvalue weighted by atomic mass is 10.0. The van der Waals surface area contributed by atoms with Crippen LogP contribution in [0.4, 0.5) is 5.69 Å². The molecule has 0 N–H and O–H groups in total. The monoisotopic (exact) mass is 545 g/mol. The van der Waals surface area contributed by atoms with E-state index in [1.165, 1.54) is 16.6 Å². The third kappa shape index (κ3) is 6.25. The lowest BCUT2D eigenvalue weighted by Crippen LogP contribution is -2.40. The largest absolute Gasteiger partial charge is 0.497 e. The van der Waals surface area contributed by atoms with Crippen LogP contribution in [0.25, 0.3) is 10.2 Å². The summed E-state index contributed by atoms with van der Waals surface area (Å²) >= 11 is 1.11. The van der Waals surface area contributed by atoms with E-state index >= 15 is 0 Å². The first-order valence-corrected chi connectivity index (χ1v) is 14.3. The minimum absolute atomic E-state index is 0.146. The highest BCUT2D eigenvalue weighted by Gasteiger charge is 2.28. The first kappa shape index (κ1) is 26.6. The number of carbonyl (C=O) groups excluding carboxylic acids is 3. The molecule has 1 aliphatic heterocycles. The van der Waals surface area contributed by atoms with Crippen molar-refractivity contribution in [2.45, 2.75) is 26.3 Å². The molecule has 0 radical (unpaired) electrons. The molecule has 0 spiro atoms. The molecular weight excluding hydrogens is 518 g/mol. The van der Waals surface area contributed by atoms with Crippen molar-refractivity contribution in [3.63, 3.8) is 0 Å². The van der Waals surface area contributed by atoms with Crippen LogP contribution < -0.4 is 14.4 Å². The molecule has 3 aromatic rings. The van der Waals surface area contributed by atoms with Crippen LogP contribution in [0.3, 0.4) is 0 Å². The highest BCUT2D eigenvalue weighted by atomic mass is 32.2. The van der Waals surface area contributed by atoms with Gasteiger partial charge in [0, 0.05) is 12.2 Å². The van der Waals surface area contributed by atoms with Gasteiger partial charge in [-0.2, -0.15) is 4.99 Å². The fourth-order valence-corrected chi connectivity index (χ4v) is 6.34. The fourth-order valence-electron chi connectivity index (χ4n) is 4.19. The van der Waals surface area contributed by atoms with Gasteiger partial charge in [0.2, 0.25) is 5.91 Å². The highest BCUT2D eigenvalue weighted by Crippen LogP contribution is 2.27. The minimum atomic E-state index is -4.09. The molecule has 0 saturated heterocycles. The van der Waals surface area contributed by atoms with Crippen LogP contribution in [0.5, 0.6) is 5.75 Å². The van der Waals surface area contributed by atoms with E-state index < -0.39 is 39.1 Å². The van der Waals surface area contributed by atoms with Gasteiger partial charge in [-0.3, -0.25) is 14.4 Å². The van der Waals surface area contributed by atoms with Gasteiger partial charge in [0.1, 0.15) is 23.8 Å². The molecule has 0 saturated carbocycles. The number of thiazole rings is 1. The van der Waals surface area contributed by atoms with Crippen molar-refractivity contribution in [3.05, 3.63) is 52.8 Å². The summed E-state index contributed by atoms with van der Waals surface area (Å²) in [6.45, 7) is 2.09. The number of hydrogen-bond acceptors (Lipinski definition) is 8. The summed E-state index contributed by atoms with van der Waals surface area (Å²) in [6.07, 6.45) is 1.55. The third-order valence-corrected chi connectivity index (χ3v) is 8.22. The number of esters is 1. The van der Waals surface area contributed by atoms with Gasteiger partial charge in [-0.15, -0.1) is 0 Å². The zero-order chi connectivity index (χ0) is 26.6. The maximum Gasteiger partial charge on any atom is 0.326 e. The molecule has 0 unspecified atom stereocenters. The summed E-state index contributed by atoms with van der Waals surface area (Å²) in [5.41, 5.74) is 2.30. The van der Waals surface area contributed by atoms with Crippen LogP contribution in [0.2, 0.25) is 0 Å². The van der Waals surface area contributed by atoms with Gasteiger partial charge in [-0.05, 0) is 49.6 Å². The average molecular weight is 546 g/mol. The number of fused-ring (bicyclic) bond motifs is 2. The Morgan fingerprint density at radius 2 is 1.89 bits per heavy atom. The van der Waals surface area contributed by atoms with Gasteiger partial charge in [-0.1, -0.05) is 29.5 Å². The Hall–Kier alpha value is -3.51. The highest BCUT2D eigenvalue weighted by molar-refractivity contribution is 7.92. The van der Waals surface area contributed by atoms with Gasteiger partial charge in [-0.25, -0.2) is 8.42 Å². The summed E-state index contributed by atoms with van der Waals surface area (Å²) in [5, 5.41) is 0. The molecule has 0 atom stereocenters. The number of ether oxygens (including phenoxy) is 2. The fraction of sp³-hybridized carbons (Fsp3) is 0.360. The molecule has 0 fully saturated rings. The normalized spacial score (nSPS) is 13.9. The minimum Gasteiger partial charge on any atom is -0.497 e. The van der Waals surface area contributed by atoms with Crippen molar-refractivity contribution in [3.8, 4) is 5.75 Å². The molecule has 2 amide bonds. The van der Waals surface area contributed by atoms with Gasteiger partial charge >= 0.3 is 5.97 Å². The molecule has 0 aliphatic carbocycles. The number of methoxy groups -OCH3 is 1. The van der Waals surface area contributed by atoms with Crippen LogP contribution in [0.15, 0.2) is 47.5 Å². The van der Waals surface area contributed by atoms with Gasteiger partial charge < -0.3 is 18.9 Å². The molecule has 1 aromatic heterocycles. The summed E-state index contributed by atoms with van der Waals surface area (Å²) in [4.78, 5) is 43.4. The van der Waals surface area contributed by atoms with Crippen molar-refractivity contribution in [1.82, 2.24) is 4.57 Å². The number of anilines is 1. The molecular formula is C25H27N3O7S2. The standard InChI is InChI=1S/C25H27N3O7S2/c1-3-35-24(31)14-28-20-11-10-18(34-2)13-21(20)36-25(28)26-22(29)15-37(32,33)16-23(30)27-12-6-8-17-7-4-5-9-19(17)27/h4-5,7,9-11,13H,3,6,8,12,14-16H2,1-2H3. The lowest BCUT2D eigenvalue weighted by molar-refractivity contribution is -0.143. The number of carbonyl (C=O) groups is 3. The Balaban J connectivity index is 1.56. The Morgan fingerprint density at radius 1 is 1.11 bits per heavy atom. The number of rotatable bonds is 8. The quantitative estimate of drug-likeness (QED) is 0.397. The van der Waals surface area contributed by atoms with Crippen molar-refractivity contribution < 1.29 is 32.3 Å². The Labute approximate surface area is 218 Å². The van der Waals surface area contributed by atoms with Crippen molar-refractivity contribution in [1.29, 1.82) is 0 Å². The smallest absolute Gasteiger partial charge is 0.326 e. The van der Waals surface area contributed by atoms with Crippen LogP contribution >= 0.6 is 11.3 Å². The van der Waals surface area contributed by atoms with Gasteiger partial charge in [0.25, 0.3) is 5.91 Å². The van der Waals surface area contributed by atoms with E-state index in [0.29, 0.717) is 28.2 Å². The van der Waals surface area contributed by atoms with Gasteiger partial charge in [0.15, 0.2) is 14.6 Å². The van der Waals surface area contributed by atoms with E-state index in [0.717, 1.165) is 29.7 Å². The number of aromatic nitrogens is 1. The summed E-state index contributed by atoms with van der Waals surface area (Å²) in [6, 6.07) is 12.5. The molecule has 37 heavy (non-hydrogen) atoms. The third-order valence-electron chi connectivity index (χ3n) is 5.80.